The number of carbonyl (C=O) groups is 1. The molecule has 0 aromatic heterocycles. The summed E-state index contributed by atoms with van der Waals surface area (Å²) in [5, 5.41) is 21.1. The molecule has 0 bridgehead atoms. The quantitative estimate of drug-likeness (QED) is 0.743. The van der Waals surface area contributed by atoms with Crippen LogP contribution in [0.4, 0.5) is 0 Å². The summed E-state index contributed by atoms with van der Waals surface area (Å²) in [6.07, 6.45) is 12.2. The Morgan fingerprint density at radius 2 is 1.71 bits per heavy atom. The van der Waals surface area contributed by atoms with Crippen LogP contribution in [0.5, 0.6) is 0 Å². The second-order valence-electron chi connectivity index (χ2n) is 11.2. The zero-order valence-corrected chi connectivity index (χ0v) is 18.6. The minimum Gasteiger partial charge on any atom is -0.550 e. The van der Waals surface area contributed by atoms with Crippen molar-refractivity contribution in [1.29, 1.82) is 0 Å². The van der Waals surface area contributed by atoms with E-state index in [9.17, 15) is 15.0 Å². The minimum absolute atomic E-state index is 0. The normalized spacial score (nSPS) is 48.6. The van der Waals surface area contributed by atoms with Crippen molar-refractivity contribution in [3.8, 4) is 0 Å². The van der Waals surface area contributed by atoms with Crippen LogP contribution in [0.1, 0.15) is 91.4 Å². The topological polar surface area (TPSA) is 60.4 Å². The number of hydrogen-bond donors (Lipinski definition) is 1. The molecule has 4 rings (SSSR count). The van der Waals surface area contributed by atoms with E-state index < -0.39 is 5.97 Å². The number of aliphatic hydroxyl groups excluding tert-OH is 1. The maximum Gasteiger partial charge on any atom is 1.00 e. The minimum atomic E-state index is -0.893. The molecule has 0 radical (unpaired) electrons. The van der Waals surface area contributed by atoms with Crippen LogP contribution in [0.15, 0.2) is 0 Å². The van der Waals surface area contributed by atoms with Gasteiger partial charge in [0, 0.05) is 5.97 Å². The molecule has 4 aliphatic carbocycles. The van der Waals surface area contributed by atoms with Gasteiger partial charge in [0.05, 0.1) is 6.10 Å². The van der Waals surface area contributed by atoms with Crippen molar-refractivity contribution in [1.82, 2.24) is 0 Å². The van der Waals surface area contributed by atoms with Crippen LogP contribution in [0.3, 0.4) is 0 Å². The third-order valence-electron chi connectivity index (χ3n) is 10.2. The zero-order chi connectivity index (χ0) is 19.4. The molecular formula is C24H39LiO3. The summed E-state index contributed by atoms with van der Waals surface area (Å²) >= 11 is 0. The van der Waals surface area contributed by atoms with Crippen LogP contribution in [0, 0.1) is 46.3 Å². The van der Waals surface area contributed by atoms with Crippen molar-refractivity contribution >= 4 is 5.97 Å². The molecule has 4 heteroatoms. The van der Waals surface area contributed by atoms with Crippen LogP contribution in [0.2, 0.25) is 0 Å². The Bertz CT molecular complexity index is 580. The van der Waals surface area contributed by atoms with Gasteiger partial charge in [-0.15, -0.1) is 0 Å². The molecule has 154 valence electrons. The van der Waals surface area contributed by atoms with Crippen LogP contribution in [-0.4, -0.2) is 17.2 Å². The van der Waals surface area contributed by atoms with Crippen LogP contribution >= 0.6 is 0 Å². The average Bonchev–Trinajstić information content (AvgIpc) is 2.97. The fraction of sp³-hybridized carbons (Fsp3) is 0.958. The summed E-state index contributed by atoms with van der Waals surface area (Å²) in [5.41, 5.74) is 0.853. The Kier molecular flexibility index (Phi) is 6.71. The molecule has 0 heterocycles. The van der Waals surface area contributed by atoms with Gasteiger partial charge in [0.15, 0.2) is 0 Å². The number of fused-ring (bicyclic) bond motifs is 5. The van der Waals surface area contributed by atoms with Crippen molar-refractivity contribution in [3.05, 3.63) is 0 Å². The molecule has 0 aliphatic heterocycles. The molecule has 0 amide bonds. The number of aliphatic carboxylic acids is 1. The molecule has 28 heavy (non-hydrogen) atoms. The molecule has 0 saturated heterocycles. The van der Waals surface area contributed by atoms with E-state index in [2.05, 4.69) is 20.8 Å². The van der Waals surface area contributed by atoms with Crippen molar-refractivity contribution in [2.45, 2.75) is 97.5 Å². The van der Waals surface area contributed by atoms with Crippen LogP contribution in [0.25, 0.3) is 0 Å². The molecule has 4 aliphatic rings. The van der Waals surface area contributed by atoms with Gasteiger partial charge in [-0.05, 0) is 117 Å². The summed E-state index contributed by atoms with van der Waals surface area (Å²) in [5.74, 6) is 3.55. The molecule has 4 saturated carbocycles. The molecule has 4 fully saturated rings. The standard InChI is InChI=1S/C24H40O3.Li/c1-15(4-9-22(26)27)19-7-8-20-18-6-5-16-14-17(25)10-12-23(16,2)21(18)11-13-24(19,20)3;/h15-21,25H,4-14H2,1-3H3,(H,26,27);/q;+1/p-1/t15-,16-,17-,18+,19-,20+,21?,23+,24-;/m1./s1. The van der Waals surface area contributed by atoms with E-state index in [1.807, 2.05) is 0 Å². The Morgan fingerprint density at radius 1 is 1.04 bits per heavy atom. The number of carboxylic acid groups (broad SMARTS) is 1. The van der Waals surface area contributed by atoms with E-state index in [0.29, 0.717) is 22.7 Å². The van der Waals surface area contributed by atoms with E-state index >= 15 is 0 Å². The Balaban J connectivity index is 0.00000225. The first-order valence-electron chi connectivity index (χ1n) is 11.6. The first-order chi connectivity index (χ1) is 12.8. The Hall–Kier alpha value is 0.0274. The maximum absolute atomic E-state index is 10.9. The van der Waals surface area contributed by atoms with Crippen molar-refractivity contribution in [2.75, 3.05) is 0 Å². The largest absolute Gasteiger partial charge is 1.00 e. The van der Waals surface area contributed by atoms with Gasteiger partial charge in [-0.25, -0.2) is 0 Å². The second-order valence-corrected chi connectivity index (χ2v) is 11.2. The molecule has 3 nitrogen and oxygen atoms in total. The Morgan fingerprint density at radius 3 is 2.43 bits per heavy atom. The summed E-state index contributed by atoms with van der Waals surface area (Å²) in [4.78, 5) is 10.9. The van der Waals surface area contributed by atoms with Crippen molar-refractivity contribution in [3.63, 3.8) is 0 Å². The van der Waals surface area contributed by atoms with Crippen LogP contribution in [-0.2, 0) is 4.79 Å². The third kappa shape index (κ3) is 3.63. The fourth-order valence-corrected chi connectivity index (χ4v) is 8.76. The van der Waals surface area contributed by atoms with Gasteiger partial charge < -0.3 is 15.0 Å². The summed E-state index contributed by atoms with van der Waals surface area (Å²) in [6, 6.07) is 0. The van der Waals surface area contributed by atoms with Crippen molar-refractivity contribution < 1.29 is 33.9 Å². The van der Waals surface area contributed by atoms with Gasteiger partial charge in [-0.3, -0.25) is 0 Å². The van der Waals surface area contributed by atoms with Gasteiger partial charge in [0.1, 0.15) is 0 Å². The predicted octanol–water partition coefficient (Wildman–Crippen LogP) is 1.18. The SMILES string of the molecule is C[C@H](CCC(=O)[O-])[C@H]1CC[C@H]2[C@@H]3CC[C@@H]4C[C@H](O)CC[C@]4(C)C3CC[C@]12C.[Li+]. The van der Waals surface area contributed by atoms with E-state index in [1.165, 1.54) is 44.9 Å². The van der Waals surface area contributed by atoms with E-state index in [-0.39, 0.29) is 31.4 Å². The van der Waals surface area contributed by atoms with Gasteiger partial charge in [0.2, 0.25) is 0 Å². The summed E-state index contributed by atoms with van der Waals surface area (Å²) in [6.45, 7) is 7.38. The monoisotopic (exact) mass is 382 g/mol. The number of hydrogen-bond acceptors (Lipinski definition) is 3. The summed E-state index contributed by atoms with van der Waals surface area (Å²) in [7, 11) is 0. The number of aliphatic hydroxyl groups is 1. The van der Waals surface area contributed by atoms with E-state index in [4.69, 9.17) is 0 Å². The zero-order valence-electron chi connectivity index (χ0n) is 18.6. The summed E-state index contributed by atoms with van der Waals surface area (Å²) < 4.78 is 0. The number of carbonyl (C=O) groups excluding carboxylic acids is 1. The molecule has 0 aromatic carbocycles. The molecule has 0 spiro atoms. The molecule has 9 atom stereocenters. The first-order valence-corrected chi connectivity index (χ1v) is 11.6. The predicted molar refractivity (Wildman–Crippen MR) is 105 cm³/mol. The van der Waals surface area contributed by atoms with E-state index in [0.717, 1.165) is 42.9 Å². The molecule has 1 N–H and O–H groups in total. The van der Waals surface area contributed by atoms with Gasteiger partial charge >= 0.3 is 18.9 Å². The fourth-order valence-electron chi connectivity index (χ4n) is 8.76. The van der Waals surface area contributed by atoms with Gasteiger partial charge in [-0.2, -0.15) is 0 Å². The Labute approximate surface area is 183 Å². The first kappa shape index (κ1) is 22.7. The van der Waals surface area contributed by atoms with Crippen molar-refractivity contribution in [2.24, 2.45) is 46.3 Å². The van der Waals surface area contributed by atoms with Gasteiger partial charge in [0.25, 0.3) is 0 Å². The molecule has 1 unspecified atom stereocenters. The maximum atomic E-state index is 10.9. The average molecular weight is 383 g/mol. The number of carboxylic acids is 1. The second kappa shape index (κ2) is 8.28. The molecule has 0 aromatic rings. The smallest absolute Gasteiger partial charge is 0.550 e. The third-order valence-corrected chi connectivity index (χ3v) is 10.2. The number of rotatable bonds is 4. The van der Waals surface area contributed by atoms with E-state index in [1.54, 1.807) is 0 Å². The van der Waals surface area contributed by atoms with Gasteiger partial charge in [-0.1, -0.05) is 20.8 Å². The molecular weight excluding hydrogens is 343 g/mol. The van der Waals surface area contributed by atoms with Crippen LogP contribution < -0.4 is 24.0 Å².